The third kappa shape index (κ3) is 2.37. The summed E-state index contributed by atoms with van der Waals surface area (Å²) in [6.07, 6.45) is 0.795. The smallest absolute Gasteiger partial charge is 0.315 e. The van der Waals surface area contributed by atoms with Crippen LogP contribution in [0.1, 0.15) is 42.6 Å². The average Bonchev–Trinajstić information content (AvgIpc) is 2.69. The average molecular weight is 247 g/mol. The first-order chi connectivity index (χ1) is 8.42. The first-order valence-electron chi connectivity index (χ1n) is 5.97. The van der Waals surface area contributed by atoms with Gasteiger partial charge in [-0.25, -0.2) is 0 Å². The van der Waals surface area contributed by atoms with Crippen LogP contribution in [0.15, 0.2) is 18.2 Å². The number of aldehydes is 1. The molecule has 0 spiro atoms. The lowest BCUT2D eigenvalue weighted by molar-refractivity contribution is -0.156. The van der Waals surface area contributed by atoms with Crippen LogP contribution in [0, 0.1) is 0 Å². The molecule has 0 amide bonds. The zero-order chi connectivity index (χ0) is 13.3. The second kappa shape index (κ2) is 4.44. The van der Waals surface area contributed by atoms with E-state index in [0.717, 1.165) is 17.5 Å². The summed E-state index contributed by atoms with van der Waals surface area (Å²) in [4.78, 5) is 23.0. The fraction of sp³-hybridized carbons (Fsp3) is 0.429. The molecule has 96 valence electrons. The summed E-state index contributed by atoms with van der Waals surface area (Å²) >= 11 is 0. The summed E-state index contributed by atoms with van der Waals surface area (Å²) in [6, 6.07) is 5.38. The van der Waals surface area contributed by atoms with Gasteiger partial charge in [0.1, 0.15) is 11.5 Å². The quantitative estimate of drug-likeness (QED) is 0.644. The minimum absolute atomic E-state index is 0.253. The second-order valence-corrected chi connectivity index (χ2v) is 5.40. The Balaban J connectivity index is 2.27. The Labute approximate surface area is 106 Å². The summed E-state index contributed by atoms with van der Waals surface area (Å²) < 4.78 is 5.38. The van der Waals surface area contributed by atoms with Gasteiger partial charge in [0.15, 0.2) is 6.29 Å². The minimum atomic E-state index is -0.498. The molecule has 0 radical (unpaired) electrons. The molecule has 0 aliphatic carbocycles. The van der Waals surface area contributed by atoms with Crippen molar-refractivity contribution >= 4 is 17.9 Å². The molecule has 1 aromatic carbocycles. The van der Waals surface area contributed by atoms with Crippen LogP contribution in [0.3, 0.4) is 0 Å². The Morgan fingerprint density at radius 2 is 2.17 bits per heavy atom. The maximum atomic E-state index is 12.1. The van der Waals surface area contributed by atoms with Crippen LogP contribution in [0.25, 0.3) is 0 Å². The van der Waals surface area contributed by atoms with Gasteiger partial charge < -0.3 is 10.1 Å². The van der Waals surface area contributed by atoms with Crippen molar-refractivity contribution in [3.63, 3.8) is 0 Å². The summed E-state index contributed by atoms with van der Waals surface area (Å²) in [6.45, 7) is 6.01. The number of rotatable bonds is 2. The predicted molar refractivity (Wildman–Crippen MR) is 68.9 cm³/mol. The summed E-state index contributed by atoms with van der Waals surface area (Å²) in [7, 11) is 0. The predicted octanol–water partition coefficient (Wildman–Crippen LogP) is 2.35. The number of fused-ring (bicyclic) bond motifs is 1. The van der Waals surface area contributed by atoms with Gasteiger partial charge in [-0.3, -0.25) is 9.59 Å². The molecule has 18 heavy (non-hydrogen) atoms. The number of para-hydroxylation sites is 1. The first-order valence-corrected chi connectivity index (χ1v) is 5.97. The van der Waals surface area contributed by atoms with E-state index in [1.54, 1.807) is 12.1 Å². The number of nitrogens with one attached hydrogen (secondary N) is 1. The van der Waals surface area contributed by atoms with Gasteiger partial charge in [-0.2, -0.15) is 0 Å². The van der Waals surface area contributed by atoms with Crippen LogP contribution in [-0.2, 0) is 9.53 Å². The normalized spacial score (nSPS) is 17.8. The van der Waals surface area contributed by atoms with Gasteiger partial charge in [-0.05, 0) is 32.4 Å². The standard InChI is InChI=1S/C14H17NO3/c1-14(2,3)18-13(17)11-7-15-12-9(8-16)5-4-6-10(11)12/h4-6,8,11,15H,7H2,1-3H3. The van der Waals surface area contributed by atoms with E-state index in [1.807, 2.05) is 26.8 Å². The number of carbonyl (C=O) groups excluding carboxylic acids is 2. The third-order valence-corrected chi connectivity index (χ3v) is 2.81. The van der Waals surface area contributed by atoms with Crippen molar-refractivity contribution in [2.24, 2.45) is 0 Å². The lowest BCUT2D eigenvalue weighted by Gasteiger charge is -2.22. The van der Waals surface area contributed by atoms with Crippen LogP contribution in [0.2, 0.25) is 0 Å². The topological polar surface area (TPSA) is 55.4 Å². The fourth-order valence-electron chi connectivity index (χ4n) is 2.08. The van der Waals surface area contributed by atoms with E-state index in [0.29, 0.717) is 12.1 Å². The van der Waals surface area contributed by atoms with E-state index in [4.69, 9.17) is 4.74 Å². The Kier molecular flexibility index (Phi) is 3.11. The van der Waals surface area contributed by atoms with Gasteiger partial charge >= 0.3 is 5.97 Å². The highest BCUT2D eigenvalue weighted by molar-refractivity contribution is 5.91. The molecule has 2 rings (SSSR count). The zero-order valence-electron chi connectivity index (χ0n) is 10.8. The van der Waals surface area contributed by atoms with Crippen molar-refractivity contribution in [1.29, 1.82) is 0 Å². The van der Waals surface area contributed by atoms with Crippen molar-refractivity contribution in [1.82, 2.24) is 0 Å². The molecule has 4 nitrogen and oxygen atoms in total. The van der Waals surface area contributed by atoms with Crippen LogP contribution < -0.4 is 5.32 Å². The number of hydrogen-bond donors (Lipinski definition) is 1. The number of hydrogen-bond acceptors (Lipinski definition) is 4. The van der Waals surface area contributed by atoms with E-state index in [2.05, 4.69) is 5.32 Å². The molecule has 1 aromatic rings. The lowest BCUT2D eigenvalue weighted by atomic mass is 9.99. The molecule has 1 aliphatic heterocycles. The molecular weight excluding hydrogens is 230 g/mol. The van der Waals surface area contributed by atoms with Crippen molar-refractivity contribution in [2.75, 3.05) is 11.9 Å². The highest BCUT2D eigenvalue weighted by Gasteiger charge is 2.33. The Bertz CT molecular complexity index is 488. The van der Waals surface area contributed by atoms with E-state index >= 15 is 0 Å². The Morgan fingerprint density at radius 1 is 1.44 bits per heavy atom. The largest absolute Gasteiger partial charge is 0.459 e. The van der Waals surface area contributed by atoms with Gasteiger partial charge in [-0.1, -0.05) is 12.1 Å². The van der Waals surface area contributed by atoms with E-state index < -0.39 is 5.60 Å². The Hall–Kier alpha value is -1.84. The number of carbonyl (C=O) groups is 2. The molecule has 1 aliphatic rings. The van der Waals surface area contributed by atoms with E-state index in [1.165, 1.54) is 0 Å². The van der Waals surface area contributed by atoms with Crippen LogP contribution in [-0.4, -0.2) is 24.4 Å². The van der Waals surface area contributed by atoms with Crippen molar-refractivity contribution in [3.8, 4) is 0 Å². The second-order valence-electron chi connectivity index (χ2n) is 5.40. The van der Waals surface area contributed by atoms with Gasteiger partial charge in [0, 0.05) is 17.8 Å². The third-order valence-electron chi connectivity index (χ3n) is 2.81. The highest BCUT2D eigenvalue weighted by atomic mass is 16.6. The molecule has 0 bridgehead atoms. The maximum Gasteiger partial charge on any atom is 0.315 e. The molecule has 1 N–H and O–H groups in total. The monoisotopic (exact) mass is 247 g/mol. The number of esters is 1. The fourth-order valence-corrected chi connectivity index (χ4v) is 2.08. The number of ether oxygens (including phenoxy) is 1. The highest BCUT2D eigenvalue weighted by Crippen LogP contribution is 2.35. The SMILES string of the molecule is CC(C)(C)OC(=O)C1CNc2c(C=O)cccc21. The van der Waals surface area contributed by atoms with Gasteiger partial charge in [0.05, 0.1) is 0 Å². The van der Waals surface area contributed by atoms with Gasteiger partial charge in [0.25, 0.3) is 0 Å². The lowest BCUT2D eigenvalue weighted by Crippen LogP contribution is -2.28. The van der Waals surface area contributed by atoms with Crippen LogP contribution in [0.5, 0.6) is 0 Å². The molecule has 1 heterocycles. The molecule has 1 atom stereocenters. The first kappa shape index (κ1) is 12.6. The maximum absolute atomic E-state index is 12.1. The van der Waals surface area contributed by atoms with Crippen LogP contribution in [0.4, 0.5) is 5.69 Å². The zero-order valence-corrected chi connectivity index (χ0v) is 10.8. The molecular formula is C14H17NO3. The molecule has 0 fully saturated rings. The van der Waals surface area contributed by atoms with Crippen molar-refractivity contribution in [3.05, 3.63) is 29.3 Å². The van der Waals surface area contributed by atoms with Crippen molar-refractivity contribution < 1.29 is 14.3 Å². The van der Waals surface area contributed by atoms with Crippen molar-refractivity contribution in [2.45, 2.75) is 32.3 Å². The van der Waals surface area contributed by atoms with Gasteiger partial charge in [0.2, 0.25) is 0 Å². The molecule has 1 unspecified atom stereocenters. The van der Waals surface area contributed by atoms with Gasteiger partial charge in [-0.15, -0.1) is 0 Å². The molecule has 4 heteroatoms. The van der Waals surface area contributed by atoms with Crippen LogP contribution >= 0.6 is 0 Å². The summed E-state index contributed by atoms with van der Waals surface area (Å²) in [5.74, 6) is -0.587. The summed E-state index contributed by atoms with van der Waals surface area (Å²) in [5.41, 5.74) is 1.68. The number of benzene rings is 1. The Morgan fingerprint density at radius 3 is 2.78 bits per heavy atom. The molecule has 0 saturated carbocycles. The minimum Gasteiger partial charge on any atom is -0.459 e. The molecule has 0 saturated heterocycles. The summed E-state index contributed by atoms with van der Waals surface area (Å²) in [5, 5.41) is 3.10. The van der Waals surface area contributed by atoms with E-state index in [-0.39, 0.29) is 11.9 Å². The molecule has 0 aromatic heterocycles. The van der Waals surface area contributed by atoms with E-state index in [9.17, 15) is 9.59 Å². The number of anilines is 1.